The van der Waals surface area contributed by atoms with E-state index >= 15 is 0 Å². The molecule has 4 rings (SSSR count). The summed E-state index contributed by atoms with van der Waals surface area (Å²) in [5, 5.41) is 0. The second-order valence-corrected chi connectivity index (χ2v) is 13.1. The van der Waals surface area contributed by atoms with Crippen molar-refractivity contribution < 1.29 is 53.5 Å². The van der Waals surface area contributed by atoms with E-state index in [4.69, 9.17) is 9.47 Å². The molecule has 0 aliphatic rings. The van der Waals surface area contributed by atoms with E-state index in [9.17, 15) is 44.0 Å². The minimum absolute atomic E-state index is 0.0289. The van der Waals surface area contributed by atoms with Crippen LogP contribution >= 0.6 is 0 Å². The van der Waals surface area contributed by atoms with Crippen LogP contribution in [0.2, 0.25) is 0 Å². The lowest BCUT2D eigenvalue weighted by atomic mass is 10.1. The fraction of sp³-hybridized carbons (Fsp3) is 0.133. The number of hydrogen-bond acceptors (Lipinski definition) is 8. The molecule has 0 aromatic heterocycles. The molecule has 10 nitrogen and oxygen atoms in total. The Morgan fingerprint density at radius 2 is 0.891 bits per heavy atom. The van der Waals surface area contributed by atoms with Gasteiger partial charge in [0.05, 0.1) is 23.9 Å². The maximum Gasteiger partial charge on any atom is 0.229 e. The zero-order valence-electron chi connectivity index (χ0n) is 24.5. The van der Waals surface area contributed by atoms with Crippen molar-refractivity contribution in [1.82, 2.24) is 0 Å². The summed E-state index contributed by atoms with van der Waals surface area (Å²) in [5.74, 6) is -4.77. The average molecular weight is 683 g/mol. The molecule has 0 unspecified atom stereocenters. The predicted octanol–water partition coefficient (Wildman–Crippen LogP) is 6.66. The zero-order valence-corrected chi connectivity index (χ0v) is 26.2. The summed E-state index contributed by atoms with van der Waals surface area (Å²) in [6.45, 7) is 2.64. The van der Waals surface area contributed by atoms with Crippen LogP contribution in [-0.2, 0) is 20.0 Å². The van der Waals surface area contributed by atoms with Gasteiger partial charge in [-0.15, -0.1) is 0 Å². The van der Waals surface area contributed by atoms with E-state index in [1.807, 2.05) is 0 Å². The maximum atomic E-state index is 13.7. The molecule has 0 radical (unpaired) electrons. The van der Waals surface area contributed by atoms with Crippen molar-refractivity contribution in [1.29, 1.82) is 0 Å². The number of Topliss-reactive ketones (excluding diaryl/α,β-unsaturated/α-hetero) is 2. The minimum Gasteiger partial charge on any atom is -0.452 e. The summed E-state index contributed by atoms with van der Waals surface area (Å²) in [5.41, 5.74) is 0.561. The third-order valence-electron chi connectivity index (χ3n) is 5.59. The highest BCUT2D eigenvalue weighted by Gasteiger charge is 2.16. The van der Waals surface area contributed by atoms with Gasteiger partial charge in [-0.3, -0.25) is 19.0 Å². The van der Waals surface area contributed by atoms with Crippen molar-refractivity contribution in [2.75, 3.05) is 22.0 Å². The van der Waals surface area contributed by atoms with E-state index in [0.29, 0.717) is 12.1 Å². The number of benzene rings is 4. The summed E-state index contributed by atoms with van der Waals surface area (Å²) < 4.78 is 114. The molecule has 0 spiro atoms. The molecular formula is C30H26F4N2O8S2. The number of rotatable bonds is 10. The van der Waals surface area contributed by atoms with Gasteiger partial charge in [0, 0.05) is 23.3 Å². The van der Waals surface area contributed by atoms with Crippen LogP contribution in [-0.4, -0.2) is 40.9 Å². The van der Waals surface area contributed by atoms with Gasteiger partial charge in [-0.05, 0) is 74.5 Å². The molecule has 0 fully saturated rings. The number of anilines is 2. The first-order chi connectivity index (χ1) is 21.3. The lowest BCUT2D eigenvalue weighted by Crippen LogP contribution is -2.11. The SMILES string of the molecule is CC(=O)c1ccc(NS(C)(=O)=O)c(Oc2ccc(F)cc2F)c1.CC(=O)c1ccc(NS(C)(=O)=O)c(Oc2ccc(F)cc2F)c1. The Kier molecular flexibility index (Phi) is 11.1. The van der Waals surface area contributed by atoms with E-state index in [1.165, 1.54) is 50.2 Å². The first-order valence-electron chi connectivity index (χ1n) is 12.8. The van der Waals surface area contributed by atoms with Gasteiger partial charge in [0.1, 0.15) is 11.6 Å². The fourth-order valence-electron chi connectivity index (χ4n) is 3.57. The standard InChI is InChI=1S/2C15H13F2NO4S/c2*1-9(19)10-3-5-13(18-23(2,20)21)15(7-10)22-14-6-4-11(16)8-12(14)17/h2*3-8,18H,1-2H3. The number of ether oxygens (including phenoxy) is 2. The van der Waals surface area contributed by atoms with Gasteiger partial charge in [0.15, 0.2) is 46.2 Å². The number of nitrogens with one attached hydrogen (secondary N) is 2. The highest BCUT2D eigenvalue weighted by atomic mass is 32.2. The molecule has 0 atom stereocenters. The third-order valence-corrected chi connectivity index (χ3v) is 6.78. The van der Waals surface area contributed by atoms with Crippen LogP contribution in [0.3, 0.4) is 0 Å². The molecule has 0 saturated carbocycles. The van der Waals surface area contributed by atoms with E-state index in [1.54, 1.807) is 0 Å². The Morgan fingerprint density at radius 3 is 1.17 bits per heavy atom. The van der Waals surface area contributed by atoms with Gasteiger partial charge in [0.2, 0.25) is 20.0 Å². The van der Waals surface area contributed by atoms with Gasteiger partial charge >= 0.3 is 0 Å². The van der Waals surface area contributed by atoms with Crippen LogP contribution in [0, 0.1) is 23.3 Å². The Bertz CT molecular complexity index is 1880. The number of carbonyl (C=O) groups excluding carboxylic acids is 2. The van der Waals surface area contributed by atoms with Crippen LogP contribution in [0.25, 0.3) is 0 Å². The van der Waals surface area contributed by atoms with E-state index in [0.717, 1.165) is 36.8 Å². The molecule has 0 aliphatic heterocycles. The quantitative estimate of drug-likeness (QED) is 0.140. The van der Waals surface area contributed by atoms with Crippen LogP contribution in [0.15, 0.2) is 72.8 Å². The van der Waals surface area contributed by atoms with Gasteiger partial charge in [-0.2, -0.15) is 0 Å². The van der Waals surface area contributed by atoms with Gasteiger partial charge < -0.3 is 9.47 Å². The molecule has 0 amide bonds. The summed E-state index contributed by atoms with van der Waals surface area (Å²) >= 11 is 0. The van der Waals surface area contributed by atoms with E-state index in [-0.39, 0.29) is 57.1 Å². The number of halogens is 4. The average Bonchev–Trinajstić information content (AvgIpc) is 2.92. The number of carbonyl (C=O) groups is 2. The van der Waals surface area contributed by atoms with Gasteiger partial charge in [-0.25, -0.2) is 34.4 Å². The van der Waals surface area contributed by atoms with Crippen molar-refractivity contribution in [3.05, 3.63) is 107 Å². The predicted molar refractivity (Wildman–Crippen MR) is 163 cm³/mol. The Hall–Kier alpha value is -4.96. The summed E-state index contributed by atoms with van der Waals surface area (Å²) in [6, 6.07) is 13.4. The monoisotopic (exact) mass is 682 g/mol. The molecule has 244 valence electrons. The van der Waals surface area contributed by atoms with Crippen LogP contribution in [0.1, 0.15) is 34.6 Å². The first-order valence-corrected chi connectivity index (χ1v) is 16.6. The molecule has 2 N–H and O–H groups in total. The van der Waals surface area contributed by atoms with Gasteiger partial charge in [-0.1, -0.05) is 0 Å². The molecule has 4 aromatic rings. The van der Waals surface area contributed by atoms with Crippen molar-refractivity contribution in [2.45, 2.75) is 13.8 Å². The molecule has 0 bridgehead atoms. The number of sulfonamides is 2. The largest absolute Gasteiger partial charge is 0.452 e. The Morgan fingerprint density at radius 1 is 0.543 bits per heavy atom. The summed E-state index contributed by atoms with van der Waals surface area (Å²) in [6.07, 6.45) is 1.88. The second kappa shape index (κ2) is 14.4. The topological polar surface area (TPSA) is 145 Å². The first kappa shape index (κ1) is 35.5. The lowest BCUT2D eigenvalue weighted by Gasteiger charge is -2.13. The van der Waals surface area contributed by atoms with E-state index < -0.39 is 43.3 Å². The lowest BCUT2D eigenvalue weighted by molar-refractivity contribution is 0.100. The highest BCUT2D eigenvalue weighted by Crippen LogP contribution is 2.34. The summed E-state index contributed by atoms with van der Waals surface area (Å²) in [7, 11) is -7.22. The third kappa shape index (κ3) is 10.6. The molecule has 0 heterocycles. The van der Waals surface area contributed by atoms with Crippen molar-refractivity contribution in [3.8, 4) is 23.0 Å². The van der Waals surface area contributed by atoms with Crippen molar-refractivity contribution in [2.24, 2.45) is 0 Å². The summed E-state index contributed by atoms with van der Waals surface area (Å²) in [4.78, 5) is 22.9. The smallest absolute Gasteiger partial charge is 0.229 e. The molecule has 16 heteroatoms. The van der Waals surface area contributed by atoms with Gasteiger partial charge in [0.25, 0.3) is 0 Å². The normalized spacial score (nSPS) is 11.1. The van der Waals surface area contributed by atoms with Crippen LogP contribution in [0.4, 0.5) is 28.9 Å². The Labute approximate surface area is 262 Å². The van der Waals surface area contributed by atoms with Crippen molar-refractivity contribution >= 4 is 43.0 Å². The molecule has 4 aromatic carbocycles. The number of ketones is 2. The highest BCUT2D eigenvalue weighted by molar-refractivity contribution is 7.92. The van der Waals surface area contributed by atoms with Crippen LogP contribution in [0.5, 0.6) is 23.0 Å². The maximum absolute atomic E-state index is 13.7. The number of hydrogen-bond donors (Lipinski definition) is 2. The molecular weight excluding hydrogens is 656 g/mol. The van der Waals surface area contributed by atoms with Crippen molar-refractivity contribution in [3.63, 3.8) is 0 Å². The minimum atomic E-state index is -3.61. The molecule has 0 aliphatic carbocycles. The zero-order chi connectivity index (χ0) is 34.4. The Balaban J connectivity index is 0.000000250. The second-order valence-electron chi connectivity index (χ2n) is 9.64. The fourth-order valence-corrected chi connectivity index (χ4v) is 4.71. The van der Waals surface area contributed by atoms with Crippen LogP contribution < -0.4 is 18.9 Å². The molecule has 46 heavy (non-hydrogen) atoms. The molecule has 0 saturated heterocycles. The van der Waals surface area contributed by atoms with E-state index in [2.05, 4.69) is 9.44 Å².